The van der Waals surface area contributed by atoms with Crippen LogP contribution in [0.4, 0.5) is 0 Å². The van der Waals surface area contributed by atoms with Crippen LogP contribution in [0.1, 0.15) is 51.9 Å². The number of hydrogen-bond donors (Lipinski definition) is 1. The van der Waals surface area contributed by atoms with Crippen LogP contribution in [0, 0.1) is 0 Å². The molecule has 3 nitrogen and oxygen atoms in total. The Labute approximate surface area is 87.2 Å². The fourth-order valence-corrected chi connectivity index (χ4v) is 1.31. The standard InChI is InChI=1S/C11H23NO2/c1-3-4-5-6-7-8-9-11(13)12-10-14-2/h3-10H2,1-2H3,(H,12,13). The Morgan fingerprint density at radius 1 is 1.14 bits per heavy atom. The van der Waals surface area contributed by atoms with Gasteiger partial charge in [-0.3, -0.25) is 4.79 Å². The highest BCUT2D eigenvalue weighted by molar-refractivity contribution is 5.75. The maximum absolute atomic E-state index is 11.1. The summed E-state index contributed by atoms with van der Waals surface area (Å²) >= 11 is 0. The van der Waals surface area contributed by atoms with E-state index in [1.165, 1.54) is 32.1 Å². The summed E-state index contributed by atoms with van der Waals surface area (Å²) in [6, 6.07) is 0. The monoisotopic (exact) mass is 201 g/mol. The Bertz CT molecular complexity index is 137. The highest BCUT2D eigenvalue weighted by Crippen LogP contribution is 2.06. The van der Waals surface area contributed by atoms with E-state index in [9.17, 15) is 4.79 Å². The molecule has 0 aromatic heterocycles. The van der Waals surface area contributed by atoms with Gasteiger partial charge in [-0.25, -0.2) is 0 Å². The van der Waals surface area contributed by atoms with Crippen LogP contribution in [0.3, 0.4) is 0 Å². The molecule has 0 aliphatic carbocycles. The SMILES string of the molecule is CCCCCCCCC(=O)NCOC. The topological polar surface area (TPSA) is 38.3 Å². The molecule has 0 bridgehead atoms. The van der Waals surface area contributed by atoms with Gasteiger partial charge in [0.1, 0.15) is 6.73 Å². The molecule has 0 atom stereocenters. The van der Waals surface area contributed by atoms with Crippen molar-refractivity contribution in [3.8, 4) is 0 Å². The van der Waals surface area contributed by atoms with Crippen LogP contribution in [0.25, 0.3) is 0 Å². The fraction of sp³-hybridized carbons (Fsp3) is 0.909. The maximum Gasteiger partial charge on any atom is 0.221 e. The molecular weight excluding hydrogens is 178 g/mol. The van der Waals surface area contributed by atoms with Gasteiger partial charge in [0.05, 0.1) is 0 Å². The first kappa shape index (κ1) is 13.4. The van der Waals surface area contributed by atoms with Crippen molar-refractivity contribution >= 4 is 5.91 Å². The molecule has 0 aliphatic heterocycles. The average molecular weight is 201 g/mol. The molecule has 0 aromatic carbocycles. The third kappa shape index (κ3) is 9.52. The van der Waals surface area contributed by atoms with E-state index in [-0.39, 0.29) is 5.91 Å². The Kier molecular flexibility index (Phi) is 10.1. The van der Waals surface area contributed by atoms with E-state index >= 15 is 0 Å². The van der Waals surface area contributed by atoms with E-state index in [1.807, 2.05) is 0 Å². The second kappa shape index (κ2) is 10.5. The normalized spacial score (nSPS) is 10.1. The molecule has 3 heteroatoms. The molecular formula is C11H23NO2. The molecule has 0 heterocycles. The van der Waals surface area contributed by atoms with Crippen LogP contribution in [0.5, 0.6) is 0 Å². The van der Waals surface area contributed by atoms with Gasteiger partial charge in [-0.05, 0) is 6.42 Å². The van der Waals surface area contributed by atoms with E-state index in [4.69, 9.17) is 4.74 Å². The second-order valence-electron chi connectivity index (χ2n) is 3.55. The zero-order chi connectivity index (χ0) is 10.6. The van der Waals surface area contributed by atoms with Gasteiger partial charge in [0.25, 0.3) is 0 Å². The summed E-state index contributed by atoms with van der Waals surface area (Å²) < 4.78 is 4.74. The molecule has 1 N–H and O–H groups in total. The Morgan fingerprint density at radius 2 is 1.79 bits per heavy atom. The summed E-state index contributed by atoms with van der Waals surface area (Å²) in [5.74, 6) is 0.0994. The van der Waals surface area contributed by atoms with Crippen LogP contribution >= 0.6 is 0 Å². The summed E-state index contributed by atoms with van der Waals surface area (Å²) in [6.07, 6.45) is 7.95. The van der Waals surface area contributed by atoms with E-state index in [1.54, 1.807) is 7.11 Å². The van der Waals surface area contributed by atoms with Gasteiger partial charge in [0.2, 0.25) is 5.91 Å². The fourth-order valence-electron chi connectivity index (χ4n) is 1.31. The van der Waals surface area contributed by atoms with Crippen LogP contribution in [0.2, 0.25) is 0 Å². The van der Waals surface area contributed by atoms with Crippen LogP contribution in [0.15, 0.2) is 0 Å². The van der Waals surface area contributed by atoms with E-state index in [0.29, 0.717) is 13.2 Å². The average Bonchev–Trinajstić information content (AvgIpc) is 2.20. The molecule has 0 aliphatic rings. The minimum atomic E-state index is 0.0994. The lowest BCUT2D eigenvalue weighted by Crippen LogP contribution is -2.24. The highest BCUT2D eigenvalue weighted by atomic mass is 16.5. The second-order valence-corrected chi connectivity index (χ2v) is 3.55. The lowest BCUT2D eigenvalue weighted by atomic mass is 10.1. The molecule has 0 fully saturated rings. The molecule has 0 rings (SSSR count). The number of ether oxygens (including phenoxy) is 1. The van der Waals surface area contributed by atoms with Crippen molar-refractivity contribution in [1.29, 1.82) is 0 Å². The number of amides is 1. The van der Waals surface area contributed by atoms with Crippen LogP contribution < -0.4 is 5.32 Å². The predicted molar refractivity (Wildman–Crippen MR) is 58.0 cm³/mol. The number of carbonyl (C=O) groups is 1. The van der Waals surface area contributed by atoms with E-state index < -0.39 is 0 Å². The summed E-state index contributed by atoms with van der Waals surface area (Å²) in [5, 5.41) is 2.67. The third-order valence-electron chi connectivity index (χ3n) is 2.17. The van der Waals surface area contributed by atoms with Crippen molar-refractivity contribution in [3.05, 3.63) is 0 Å². The van der Waals surface area contributed by atoms with Gasteiger partial charge in [0, 0.05) is 13.5 Å². The molecule has 0 spiro atoms. The molecule has 1 amide bonds. The van der Waals surface area contributed by atoms with Crippen molar-refractivity contribution in [2.75, 3.05) is 13.8 Å². The van der Waals surface area contributed by atoms with Gasteiger partial charge >= 0.3 is 0 Å². The van der Waals surface area contributed by atoms with Crippen molar-refractivity contribution in [2.24, 2.45) is 0 Å². The van der Waals surface area contributed by atoms with Gasteiger partial charge in [-0.15, -0.1) is 0 Å². The molecule has 0 unspecified atom stereocenters. The number of carbonyl (C=O) groups excluding carboxylic acids is 1. The Morgan fingerprint density at radius 3 is 2.43 bits per heavy atom. The van der Waals surface area contributed by atoms with E-state index in [0.717, 1.165) is 6.42 Å². The van der Waals surface area contributed by atoms with Crippen LogP contribution in [-0.4, -0.2) is 19.7 Å². The molecule has 0 saturated heterocycles. The minimum absolute atomic E-state index is 0.0994. The summed E-state index contributed by atoms with van der Waals surface area (Å²) in [7, 11) is 1.57. The predicted octanol–water partition coefficient (Wildman–Crippen LogP) is 2.46. The highest BCUT2D eigenvalue weighted by Gasteiger charge is 1.98. The third-order valence-corrected chi connectivity index (χ3v) is 2.17. The first-order chi connectivity index (χ1) is 6.81. The minimum Gasteiger partial charge on any atom is -0.364 e. The van der Waals surface area contributed by atoms with E-state index in [2.05, 4.69) is 12.2 Å². The molecule has 0 saturated carbocycles. The zero-order valence-electron chi connectivity index (χ0n) is 9.47. The van der Waals surface area contributed by atoms with Gasteiger partial charge < -0.3 is 10.1 Å². The zero-order valence-corrected chi connectivity index (χ0v) is 9.47. The first-order valence-electron chi connectivity index (χ1n) is 5.57. The lowest BCUT2D eigenvalue weighted by molar-refractivity contribution is -0.122. The van der Waals surface area contributed by atoms with Gasteiger partial charge in [-0.2, -0.15) is 0 Å². The first-order valence-corrected chi connectivity index (χ1v) is 5.57. The number of rotatable bonds is 9. The number of unbranched alkanes of at least 4 members (excludes halogenated alkanes) is 5. The Balaban J connectivity index is 3.07. The smallest absolute Gasteiger partial charge is 0.221 e. The summed E-state index contributed by atoms with van der Waals surface area (Å²) in [5.41, 5.74) is 0. The molecule has 0 radical (unpaired) electrons. The Hall–Kier alpha value is -0.570. The lowest BCUT2D eigenvalue weighted by Gasteiger charge is -2.03. The van der Waals surface area contributed by atoms with Gasteiger partial charge in [0.15, 0.2) is 0 Å². The van der Waals surface area contributed by atoms with Gasteiger partial charge in [-0.1, -0.05) is 39.0 Å². The number of hydrogen-bond acceptors (Lipinski definition) is 2. The molecule has 0 aromatic rings. The largest absolute Gasteiger partial charge is 0.364 e. The van der Waals surface area contributed by atoms with Crippen molar-refractivity contribution in [3.63, 3.8) is 0 Å². The quantitative estimate of drug-likeness (QED) is 0.459. The summed E-state index contributed by atoms with van der Waals surface area (Å²) in [4.78, 5) is 11.1. The van der Waals surface area contributed by atoms with Crippen LogP contribution in [-0.2, 0) is 9.53 Å². The number of methoxy groups -OCH3 is 1. The summed E-state index contributed by atoms with van der Waals surface area (Å²) in [6.45, 7) is 2.53. The molecule has 14 heavy (non-hydrogen) atoms. The maximum atomic E-state index is 11.1. The van der Waals surface area contributed by atoms with Crippen molar-refractivity contribution < 1.29 is 9.53 Å². The number of nitrogens with one attached hydrogen (secondary N) is 1. The van der Waals surface area contributed by atoms with Crippen molar-refractivity contribution in [1.82, 2.24) is 5.32 Å². The molecule has 84 valence electrons. The van der Waals surface area contributed by atoms with Crippen molar-refractivity contribution in [2.45, 2.75) is 51.9 Å².